The van der Waals surface area contributed by atoms with Crippen LogP contribution in [0, 0.1) is 17.7 Å². The number of fused-ring (bicyclic) bond motifs is 1. The smallest absolute Gasteiger partial charge is 0.414 e. The number of aromatic nitrogens is 2. The lowest BCUT2D eigenvalue weighted by Gasteiger charge is -2.19. The zero-order chi connectivity index (χ0) is 30.5. The van der Waals surface area contributed by atoms with Crippen LogP contribution in [0.1, 0.15) is 16.9 Å². The lowest BCUT2D eigenvalue weighted by Crippen LogP contribution is -2.31. The second kappa shape index (κ2) is 13.3. The molecule has 2 atom stereocenters. The number of ether oxygens (including phenoxy) is 2. The van der Waals surface area contributed by atoms with Crippen molar-refractivity contribution in [3.63, 3.8) is 0 Å². The maximum Gasteiger partial charge on any atom is 0.414 e. The van der Waals surface area contributed by atoms with Crippen molar-refractivity contribution in [1.29, 1.82) is 0 Å². The number of para-hydroxylation sites is 1. The van der Waals surface area contributed by atoms with Crippen molar-refractivity contribution in [1.82, 2.24) is 15.3 Å². The summed E-state index contributed by atoms with van der Waals surface area (Å²) in [4.78, 5) is 23.7. The number of hydrogen-bond acceptors (Lipinski definition) is 8. The number of hydrogen-bond donors (Lipinski definition) is 2. The van der Waals surface area contributed by atoms with Crippen LogP contribution < -0.4 is 20.3 Å². The quantitative estimate of drug-likeness (QED) is 0.185. The molecule has 3 heterocycles. The Hall–Kier alpha value is -4.69. The number of rotatable bonds is 7. The molecule has 6 rings (SSSR count). The van der Waals surface area contributed by atoms with Crippen molar-refractivity contribution in [3.05, 3.63) is 106 Å². The largest absolute Gasteiger partial charge is 0.487 e. The van der Waals surface area contributed by atoms with Crippen molar-refractivity contribution >= 4 is 56.4 Å². The molecular weight excluding hydrogens is 601 g/mol. The van der Waals surface area contributed by atoms with Gasteiger partial charge in [-0.2, -0.15) is 0 Å². The Morgan fingerprint density at radius 2 is 2.00 bits per heavy atom. The number of anilines is 3. The van der Waals surface area contributed by atoms with E-state index in [1.165, 1.54) is 34.7 Å². The Bertz CT molecular complexity index is 1860. The third-order valence-corrected chi connectivity index (χ3v) is 8.28. The van der Waals surface area contributed by atoms with Gasteiger partial charge in [0.25, 0.3) is 0 Å². The summed E-state index contributed by atoms with van der Waals surface area (Å²) < 4.78 is 25.8. The summed E-state index contributed by atoms with van der Waals surface area (Å²) in [5.74, 6) is 7.30. The minimum atomic E-state index is -0.396. The number of halogens is 2. The van der Waals surface area contributed by atoms with E-state index in [9.17, 15) is 9.18 Å². The van der Waals surface area contributed by atoms with Gasteiger partial charge in [-0.05, 0) is 54.1 Å². The molecule has 2 N–H and O–H groups in total. The Balaban J connectivity index is 1.07. The van der Waals surface area contributed by atoms with Crippen LogP contribution in [0.3, 0.4) is 0 Å². The first-order chi connectivity index (χ1) is 21.4. The Morgan fingerprint density at radius 3 is 2.82 bits per heavy atom. The van der Waals surface area contributed by atoms with E-state index in [4.69, 9.17) is 21.1 Å². The van der Waals surface area contributed by atoms with Crippen molar-refractivity contribution < 1.29 is 18.7 Å². The zero-order valence-electron chi connectivity index (χ0n) is 23.6. The van der Waals surface area contributed by atoms with E-state index in [1.54, 1.807) is 31.3 Å². The highest BCUT2D eigenvalue weighted by Gasteiger charge is 2.27. The van der Waals surface area contributed by atoms with E-state index in [0.29, 0.717) is 35.1 Å². The number of amides is 1. The molecule has 8 nitrogen and oxygen atoms in total. The lowest BCUT2D eigenvalue weighted by atomic mass is 10.2. The Labute approximate surface area is 262 Å². The van der Waals surface area contributed by atoms with Gasteiger partial charge in [-0.25, -0.2) is 19.2 Å². The van der Waals surface area contributed by atoms with Crippen molar-refractivity contribution in [2.75, 3.05) is 23.8 Å². The summed E-state index contributed by atoms with van der Waals surface area (Å²) in [6.45, 7) is 0.737. The average Bonchev–Trinajstić information content (AvgIpc) is 3.67. The van der Waals surface area contributed by atoms with Crippen LogP contribution in [0.5, 0.6) is 5.75 Å². The highest BCUT2D eigenvalue weighted by atomic mass is 35.5. The van der Waals surface area contributed by atoms with Gasteiger partial charge >= 0.3 is 6.09 Å². The maximum atomic E-state index is 13.5. The van der Waals surface area contributed by atoms with Crippen LogP contribution in [0.25, 0.3) is 10.2 Å². The zero-order valence-corrected chi connectivity index (χ0v) is 25.2. The number of carbonyl (C=O) groups excluding carboxylic acids is 1. The van der Waals surface area contributed by atoms with Crippen LogP contribution in [0.15, 0.2) is 85.2 Å². The first kappa shape index (κ1) is 29.4. The second-order valence-corrected chi connectivity index (χ2v) is 11.6. The standard InChI is InChI=1S/C33H27ClFN5O3S/c1-40(25-8-3-2-4-9-25)33(41)43-26-15-23(36-18-26)10-12-27-17-29-31(44-27)32(38-20-37-29)39-24-11-13-30(28(34)16-24)42-19-21-6-5-7-22(35)14-21/h2-9,11,13-14,16-17,20,23,26,36H,15,18-19H2,1H3,(H,37,38,39)/t23-,26-/m1/s1. The summed E-state index contributed by atoms with van der Waals surface area (Å²) in [6, 6.07) is 22.8. The molecule has 3 aromatic carbocycles. The van der Waals surface area contributed by atoms with E-state index in [-0.39, 0.29) is 24.6 Å². The van der Waals surface area contributed by atoms with Crippen LogP contribution in [0.2, 0.25) is 5.02 Å². The molecule has 0 saturated carbocycles. The average molecular weight is 628 g/mol. The molecule has 44 heavy (non-hydrogen) atoms. The molecule has 1 aliphatic rings. The fourth-order valence-electron chi connectivity index (χ4n) is 4.67. The normalized spacial score (nSPS) is 15.8. The third-order valence-electron chi connectivity index (χ3n) is 6.93. The van der Waals surface area contributed by atoms with E-state index >= 15 is 0 Å². The van der Waals surface area contributed by atoms with Gasteiger partial charge in [0.1, 0.15) is 30.6 Å². The van der Waals surface area contributed by atoms with Crippen molar-refractivity contribution in [3.8, 4) is 17.6 Å². The molecule has 0 bridgehead atoms. The minimum Gasteiger partial charge on any atom is -0.487 e. The van der Waals surface area contributed by atoms with Gasteiger partial charge in [-0.15, -0.1) is 11.3 Å². The number of thiophene rings is 1. The number of nitrogens with one attached hydrogen (secondary N) is 2. The van der Waals surface area contributed by atoms with Gasteiger partial charge in [0.15, 0.2) is 5.82 Å². The van der Waals surface area contributed by atoms with Crippen LogP contribution in [0.4, 0.5) is 26.4 Å². The molecule has 1 fully saturated rings. The van der Waals surface area contributed by atoms with Gasteiger partial charge in [0.05, 0.1) is 26.2 Å². The van der Waals surface area contributed by atoms with E-state index in [0.717, 1.165) is 26.5 Å². The predicted octanol–water partition coefficient (Wildman–Crippen LogP) is 7.16. The predicted molar refractivity (Wildman–Crippen MR) is 171 cm³/mol. The van der Waals surface area contributed by atoms with Gasteiger partial charge in [-0.1, -0.05) is 53.8 Å². The van der Waals surface area contributed by atoms with E-state index in [1.807, 2.05) is 42.5 Å². The first-order valence-corrected chi connectivity index (χ1v) is 15.0. The summed E-state index contributed by atoms with van der Waals surface area (Å²) in [6.07, 6.45) is 1.44. The summed E-state index contributed by atoms with van der Waals surface area (Å²) in [5.41, 5.74) is 2.98. The topological polar surface area (TPSA) is 88.6 Å². The number of nitrogens with zero attached hydrogens (tertiary/aromatic N) is 3. The molecular formula is C33H27ClFN5O3S. The molecule has 0 aliphatic carbocycles. The van der Waals surface area contributed by atoms with Crippen molar-refractivity contribution in [2.45, 2.75) is 25.2 Å². The Morgan fingerprint density at radius 1 is 1.14 bits per heavy atom. The molecule has 222 valence electrons. The molecule has 1 aliphatic heterocycles. The number of carbonyl (C=O) groups is 1. The molecule has 0 radical (unpaired) electrons. The molecule has 0 spiro atoms. The number of benzene rings is 3. The highest BCUT2D eigenvalue weighted by molar-refractivity contribution is 7.20. The van der Waals surface area contributed by atoms with Gasteiger partial charge in [0, 0.05) is 31.4 Å². The molecule has 0 unspecified atom stereocenters. The second-order valence-electron chi connectivity index (χ2n) is 10.1. The fourth-order valence-corrected chi connectivity index (χ4v) is 5.82. The van der Waals surface area contributed by atoms with Crippen molar-refractivity contribution in [2.24, 2.45) is 0 Å². The van der Waals surface area contributed by atoms with Crippen LogP contribution in [-0.2, 0) is 11.3 Å². The van der Waals surface area contributed by atoms with Gasteiger partial charge in [0.2, 0.25) is 0 Å². The highest BCUT2D eigenvalue weighted by Crippen LogP contribution is 2.33. The maximum absolute atomic E-state index is 13.5. The van der Waals surface area contributed by atoms with Gasteiger partial charge in [-0.3, -0.25) is 10.2 Å². The van der Waals surface area contributed by atoms with Crippen LogP contribution >= 0.6 is 22.9 Å². The SMILES string of the molecule is CN(C(=O)O[C@H]1CN[C@H](C#Cc2cc3ncnc(Nc4ccc(OCc5cccc(F)c5)c(Cl)c4)c3s2)C1)c1ccccc1. The van der Waals surface area contributed by atoms with Gasteiger partial charge < -0.3 is 14.8 Å². The summed E-state index contributed by atoms with van der Waals surface area (Å²) in [5, 5.41) is 7.04. The minimum absolute atomic E-state index is 0.104. The fraction of sp³-hybridized carbons (Fsp3) is 0.182. The van der Waals surface area contributed by atoms with Crippen LogP contribution in [-0.4, -0.2) is 41.8 Å². The molecule has 5 aromatic rings. The monoisotopic (exact) mass is 627 g/mol. The third kappa shape index (κ3) is 7.09. The molecule has 11 heteroatoms. The molecule has 1 amide bonds. The first-order valence-electron chi connectivity index (χ1n) is 13.8. The summed E-state index contributed by atoms with van der Waals surface area (Å²) in [7, 11) is 1.69. The molecule has 1 saturated heterocycles. The summed E-state index contributed by atoms with van der Waals surface area (Å²) >= 11 is 7.96. The molecule has 2 aromatic heterocycles. The van der Waals surface area contributed by atoms with E-state index in [2.05, 4.69) is 32.4 Å². The van der Waals surface area contributed by atoms with E-state index < -0.39 is 6.09 Å². The Kier molecular flexibility index (Phi) is 8.89. The lowest BCUT2D eigenvalue weighted by molar-refractivity contribution is 0.114.